The standard InChI is InChI=1S/C19H19F3NO3/c1-11(2)17(24)14-7-8-15(16(18(14)25)19(20,21)22)26-10-13-5-3-12(9-23)4-6-13/h3-8,11,23,25H,9-10H2,1-2H3/q-1. The minimum atomic E-state index is -4.87. The van der Waals surface area contributed by atoms with Crippen LogP contribution in [0.2, 0.25) is 0 Å². The lowest BCUT2D eigenvalue weighted by Gasteiger charge is -2.18. The Balaban J connectivity index is 2.35. The van der Waals surface area contributed by atoms with Crippen LogP contribution in [0.25, 0.3) is 5.73 Å². The fourth-order valence-electron chi connectivity index (χ4n) is 2.39. The lowest BCUT2D eigenvalue weighted by atomic mass is 9.97. The number of hydrogen-bond donors (Lipinski definition) is 1. The Hall–Kier alpha value is -2.54. The number of rotatable bonds is 6. The summed E-state index contributed by atoms with van der Waals surface area (Å²) in [5.74, 6) is -2.78. The van der Waals surface area contributed by atoms with E-state index in [1.807, 2.05) is 0 Å². The van der Waals surface area contributed by atoms with Crippen LogP contribution >= 0.6 is 0 Å². The predicted molar refractivity (Wildman–Crippen MR) is 91.1 cm³/mol. The molecule has 0 aromatic heterocycles. The van der Waals surface area contributed by atoms with Crippen molar-refractivity contribution in [2.45, 2.75) is 33.2 Å². The molecule has 2 aromatic carbocycles. The first-order valence-corrected chi connectivity index (χ1v) is 7.97. The first-order chi connectivity index (χ1) is 12.1. The van der Waals surface area contributed by atoms with Crippen LogP contribution in [0.3, 0.4) is 0 Å². The van der Waals surface area contributed by atoms with E-state index in [2.05, 4.69) is 0 Å². The first kappa shape index (κ1) is 19.8. The number of hydrogen-bond acceptors (Lipinski definition) is 3. The van der Waals surface area contributed by atoms with Gasteiger partial charge in [0.1, 0.15) is 23.7 Å². The van der Waals surface area contributed by atoms with Gasteiger partial charge in [-0.25, -0.2) is 0 Å². The van der Waals surface area contributed by atoms with E-state index in [9.17, 15) is 23.1 Å². The lowest BCUT2D eigenvalue weighted by molar-refractivity contribution is -0.140. The summed E-state index contributed by atoms with van der Waals surface area (Å²) in [6.07, 6.45) is -4.87. The Morgan fingerprint density at radius 1 is 1.12 bits per heavy atom. The number of ether oxygens (including phenoxy) is 1. The second kappa shape index (κ2) is 7.78. The van der Waals surface area contributed by atoms with Crippen molar-refractivity contribution < 1.29 is 27.8 Å². The average Bonchev–Trinajstić information content (AvgIpc) is 2.58. The van der Waals surface area contributed by atoms with Crippen molar-refractivity contribution in [1.29, 1.82) is 0 Å². The molecule has 0 amide bonds. The molecule has 2 rings (SSSR count). The number of nitrogens with one attached hydrogen (secondary N) is 1. The van der Waals surface area contributed by atoms with Gasteiger partial charge in [0.2, 0.25) is 0 Å². The molecule has 0 saturated heterocycles. The molecule has 2 N–H and O–H groups in total. The quantitative estimate of drug-likeness (QED) is 0.698. The number of aromatic hydroxyl groups is 1. The highest BCUT2D eigenvalue weighted by Gasteiger charge is 2.39. The fraction of sp³-hybridized carbons (Fsp3) is 0.316. The molecule has 0 bridgehead atoms. The summed E-state index contributed by atoms with van der Waals surface area (Å²) in [4.78, 5) is 12.0. The Morgan fingerprint density at radius 2 is 1.69 bits per heavy atom. The molecule has 0 fully saturated rings. The van der Waals surface area contributed by atoms with E-state index < -0.39 is 34.9 Å². The van der Waals surface area contributed by atoms with Gasteiger partial charge >= 0.3 is 6.18 Å². The van der Waals surface area contributed by atoms with E-state index >= 15 is 0 Å². The Kier molecular flexibility index (Phi) is 5.92. The van der Waals surface area contributed by atoms with Crippen LogP contribution in [0.4, 0.5) is 13.2 Å². The van der Waals surface area contributed by atoms with Crippen LogP contribution < -0.4 is 4.74 Å². The first-order valence-electron chi connectivity index (χ1n) is 7.97. The maximum atomic E-state index is 13.4. The van der Waals surface area contributed by atoms with Crippen LogP contribution in [-0.4, -0.2) is 10.9 Å². The third-order valence-electron chi connectivity index (χ3n) is 3.83. The average molecular weight is 366 g/mol. The monoisotopic (exact) mass is 366 g/mol. The number of carbonyl (C=O) groups excluding carboxylic acids is 1. The third-order valence-corrected chi connectivity index (χ3v) is 3.83. The fourth-order valence-corrected chi connectivity index (χ4v) is 2.39. The molecule has 7 heteroatoms. The summed E-state index contributed by atoms with van der Waals surface area (Å²) >= 11 is 0. The highest BCUT2D eigenvalue weighted by atomic mass is 19.4. The van der Waals surface area contributed by atoms with E-state index in [0.717, 1.165) is 17.7 Å². The van der Waals surface area contributed by atoms with Crippen LogP contribution in [-0.2, 0) is 19.3 Å². The van der Waals surface area contributed by atoms with Crippen molar-refractivity contribution in [3.05, 3.63) is 64.4 Å². The number of benzene rings is 2. The summed E-state index contributed by atoms with van der Waals surface area (Å²) in [7, 11) is 0. The summed E-state index contributed by atoms with van der Waals surface area (Å²) in [5, 5.41) is 10.0. The molecule has 0 aliphatic carbocycles. The summed E-state index contributed by atoms with van der Waals surface area (Å²) in [5.41, 5.74) is 6.91. The second-order valence-electron chi connectivity index (χ2n) is 6.13. The minimum Gasteiger partial charge on any atom is -0.674 e. The Bertz CT molecular complexity index is 784. The van der Waals surface area contributed by atoms with Crippen LogP contribution in [0.1, 0.15) is 40.9 Å². The van der Waals surface area contributed by atoms with Crippen molar-refractivity contribution >= 4 is 5.78 Å². The molecule has 26 heavy (non-hydrogen) atoms. The highest BCUT2D eigenvalue weighted by Crippen LogP contribution is 2.44. The molecule has 0 heterocycles. The van der Waals surface area contributed by atoms with Crippen LogP contribution in [0.5, 0.6) is 11.5 Å². The molecule has 2 aromatic rings. The van der Waals surface area contributed by atoms with Gasteiger partial charge in [-0.15, -0.1) is 6.54 Å². The molecule has 0 saturated carbocycles. The normalized spacial score (nSPS) is 11.7. The summed E-state index contributed by atoms with van der Waals surface area (Å²) in [6.45, 7) is 3.05. The summed E-state index contributed by atoms with van der Waals surface area (Å²) < 4.78 is 45.5. The third kappa shape index (κ3) is 4.35. The van der Waals surface area contributed by atoms with Crippen molar-refractivity contribution in [1.82, 2.24) is 0 Å². The highest BCUT2D eigenvalue weighted by molar-refractivity contribution is 6.00. The molecule has 0 radical (unpaired) electrons. The van der Waals surface area contributed by atoms with Crippen molar-refractivity contribution in [3.8, 4) is 11.5 Å². The molecular weight excluding hydrogens is 347 g/mol. The summed E-state index contributed by atoms with van der Waals surface area (Å²) in [6, 6.07) is 8.90. The van der Waals surface area contributed by atoms with E-state index in [0.29, 0.717) is 5.56 Å². The minimum absolute atomic E-state index is 0.110. The van der Waals surface area contributed by atoms with Gasteiger partial charge in [0, 0.05) is 5.92 Å². The van der Waals surface area contributed by atoms with E-state index in [-0.39, 0.29) is 18.7 Å². The molecule has 0 atom stereocenters. The van der Waals surface area contributed by atoms with Gasteiger partial charge in [0.05, 0.1) is 5.56 Å². The van der Waals surface area contributed by atoms with Gasteiger partial charge < -0.3 is 15.6 Å². The van der Waals surface area contributed by atoms with Crippen molar-refractivity contribution in [2.75, 3.05) is 0 Å². The van der Waals surface area contributed by atoms with Crippen LogP contribution in [0, 0.1) is 5.92 Å². The van der Waals surface area contributed by atoms with Gasteiger partial charge in [-0.3, -0.25) is 4.79 Å². The van der Waals surface area contributed by atoms with Crippen molar-refractivity contribution in [2.24, 2.45) is 5.92 Å². The van der Waals surface area contributed by atoms with Crippen molar-refractivity contribution in [3.63, 3.8) is 0 Å². The zero-order valence-electron chi connectivity index (χ0n) is 14.4. The number of phenols is 1. The number of alkyl halides is 3. The van der Waals surface area contributed by atoms with Crippen LogP contribution in [0.15, 0.2) is 36.4 Å². The lowest BCUT2D eigenvalue weighted by Crippen LogP contribution is -2.14. The SMILES string of the molecule is CC(C)C(=O)c1ccc(OCc2ccc(C[NH-])cc2)c(C(F)(F)F)c1O. The number of ketones is 1. The topological polar surface area (TPSA) is 70.3 Å². The number of halogens is 3. The van der Waals surface area contributed by atoms with Gasteiger partial charge in [0.15, 0.2) is 5.78 Å². The molecule has 140 valence electrons. The Labute approximate surface area is 149 Å². The maximum absolute atomic E-state index is 13.4. The smallest absolute Gasteiger partial charge is 0.423 e. The number of phenolic OH excluding ortho intramolecular Hbond substituents is 1. The van der Waals surface area contributed by atoms with Gasteiger partial charge in [-0.2, -0.15) is 13.2 Å². The molecule has 0 aliphatic heterocycles. The van der Waals surface area contributed by atoms with E-state index in [1.54, 1.807) is 38.1 Å². The molecule has 0 spiro atoms. The Morgan fingerprint density at radius 3 is 2.19 bits per heavy atom. The largest absolute Gasteiger partial charge is 0.674 e. The maximum Gasteiger partial charge on any atom is 0.423 e. The molecule has 4 nitrogen and oxygen atoms in total. The molecular formula is C19H19F3NO3-. The molecule has 0 aliphatic rings. The molecule has 0 unspecified atom stereocenters. The van der Waals surface area contributed by atoms with Gasteiger partial charge in [-0.05, 0) is 17.7 Å². The number of Topliss-reactive ketones (excluding diaryl/α,β-unsaturated/α-hetero) is 1. The van der Waals surface area contributed by atoms with E-state index in [4.69, 9.17) is 10.5 Å². The second-order valence-corrected chi connectivity index (χ2v) is 6.13. The van der Waals surface area contributed by atoms with E-state index in [1.165, 1.54) is 0 Å². The zero-order valence-corrected chi connectivity index (χ0v) is 14.4. The number of carbonyl (C=O) groups is 1. The zero-order chi connectivity index (χ0) is 19.5. The van der Waals surface area contributed by atoms with Gasteiger partial charge in [0.25, 0.3) is 0 Å². The van der Waals surface area contributed by atoms with Gasteiger partial charge in [-0.1, -0.05) is 43.7 Å². The predicted octanol–water partition coefficient (Wildman–Crippen LogP) is 5.38.